The van der Waals surface area contributed by atoms with Crippen LogP contribution in [-0.2, 0) is 6.61 Å². The molecular formula is C24H23NO3S. The number of anilines is 1. The maximum atomic E-state index is 12.8. The minimum absolute atomic E-state index is 0.0138. The molecule has 29 heavy (non-hydrogen) atoms. The lowest BCUT2D eigenvalue weighted by Crippen LogP contribution is -2.12. The summed E-state index contributed by atoms with van der Waals surface area (Å²) in [5.41, 5.74) is 4.13. The lowest BCUT2D eigenvalue weighted by Gasteiger charge is -2.10. The number of hydrogen-bond donors (Lipinski definition) is 2. The third-order valence-electron chi connectivity index (χ3n) is 5.23. The molecule has 0 spiro atoms. The lowest BCUT2D eigenvalue weighted by atomic mass is 10.0. The molecule has 0 bridgehead atoms. The van der Waals surface area contributed by atoms with Gasteiger partial charge in [-0.05, 0) is 60.6 Å². The fourth-order valence-electron chi connectivity index (χ4n) is 3.21. The molecule has 0 saturated heterocycles. The monoisotopic (exact) mass is 405 g/mol. The Morgan fingerprint density at radius 2 is 1.83 bits per heavy atom. The van der Waals surface area contributed by atoms with Crippen molar-refractivity contribution in [1.29, 1.82) is 0 Å². The number of aliphatic hydroxyl groups is 1. The van der Waals surface area contributed by atoms with E-state index in [1.165, 1.54) is 11.3 Å². The number of amides is 1. The molecule has 1 aliphatic carbocycles. The number of carbonyl (C=O) groups excluding carboxylic acids is 2. The van der Waals surface area contributed by atoms with Gasteiger partial charge in [-0.25, -0.2) is 0 Å². The lowest BCUT2D eigenvalue weighted by molar-refractivity contribution is 0.0974. The van der Waals surface area contributed by atoms with Crippen molar-refractivity contribution in [3.05, 3.63) is 76.2 Å². The second-order valence-electron chi connectivity index (χ2n) is 7.57. The van der Waals surface area contributed by atoms with Crippen LogP contribution in [0.5, 0.6) is 0 Å². The Morgan fingerprint density at radius 3 is 2.52 bits per heavy atom. The molecule has 0 unspecified atom stereocenters. The zero-order chi connectivity index (χ0) is 20.4. The van der Waals surface area contributed by atoms with E-state index in [4.69, 9.17) is 5.11 Å². The van der Waals surface area contributed by atoms with E-state index in [1.807, 2.05) is 55.5 Å². The topological polar surface area (TPSA) is 66.4 Å². The van der Waals surface area contributed by atoms with Crippen molar-refractivity contribution in [3.8, 4) is 10.4 Å². The summed E-state index contributed by atoms with van der Waals surface area (Å²) in [4.78, 5) is 26.8. The van der Waals surface area contributed by atoms with Gasteiger partial charge < -0.3 is 10.4 Å². The smallest absolute Gasteiger partial charge is 0.265 e. The van der Waals surface area contributed by atoms with Crippen LogP contribution in [-0.4, -0.2) is 16.8 Å². The van der Waals surface area contributed by atoms with E-state index in [0.717, 1.165) is 34.4 Å². The largest absolute Gasteiger partial charge is 0.392 e. The fraction of sp³-hybridized carbons (Fsp3) is 0.250. The van der Waals surface area contributed by atoms with E-state index < -0.39 is 0 Å². The number of benzene rings is 2. The van der Waals surface area contributed by atoms with Crippen LogP contribution < -0.4 is 5.32 Å². The Hall–Kier alpha value is -2.76. The van der Waals surface area contributed by atoms with Crippen molar-refractivity contribution in [2.45, 2.75) is 32.8 Å². The minimum atomic E-state index is -0.178. The predicted molar refractivity (Wildman–Crippen MR) is 116 cm³/mol. The number of ketones is 1. The van der Waals surface area contributed by atoms with Crippen LogP contribution in [0.25, 0.3) is 10.4 Å². The van der Waals surface area contributed by atoms with Crippen molar-refractivity contribution in [2.24, 2.45) is 5.92 Å². The van der Waals surface area contributed by atoms with Crippen LogP contribution in [0.4, 0.5) is 5.69 Å². The molecule has 4 nitrogen and oxygen atoms in total. The summed E-state index contributed by atoms with van der Waals surface area (Å²) < 4.78 is 0. The molecule has 1 amide bonds. The number of aryl methyl sites for hydroxylation is 1. The first-order chi connectivity index (χ1) is 14.0. The summed E-state index contributed by atoms with van der Waals surface area (Å²) in [6.45, 7) is 1.94. The number of Topliss-reactive ketones (excluding diaryl/α,β-unsaturated/α-hetero) is 1. The fourth-order valence-corrected chi connectivity index (χ4v) is 4.11. The van der Waals surface area contributed by atoms with Crippen molar-refractivity contribution in [1.82, 2.24) is 0 Å². The average molecular weight is 406 g/mol. The van der Waals surface area contributed by atoms with Gasteiger partial charge in [0.2, 0.25) is 0 Å². The molecule has 148 valence electrons. The molecular weight excluding hydrogens is 382 g/mol. The van der Waals surface area contributed by atoms with Crippen molar-refractivity contribution in [3.63, 3.8) is 0 Å². The number of carbonyl (C=O) groups is 2. The third kappa shape index (κ3) is 4.63. The van der Waals surface area contributed by atoms with Gasteiger partial charge in [-0.15, -0.1) is 11.3 Å². The van der Waals surface area contributed by atoms with E-state index in [2.05, 4.69) is 5.32 Å². The normalized spacial score (nSPS) is 13.3. The maximum absolute atomic E-state index is 12.8. The standard InChI is InChI=1S/C24H23NO3S/c1-15-2-7-19(21(27)12-16-3-4-16)13-20(15)25-24(28)23-11-10-22(29-23)18-8-5-17(14-26)6-9-18/h2,5-11,13,16,26H,3-4,12,14H2,1H3,(H,25,28). The van der Waals surface area contributed by atoms with Gasteiger partial charge in [0.15, 0.2) is 5.78 Å². The van der Waals surface area contributed by atoms with Crippen LogP contribution >= 0.6 is 11.3 Å². The molecule has 0 atom stereocenters. The highest BCUT2D eigenvalue weighted by Crippen LogP contribution is 2.34. The number of hydrogen-bond acceptors (Lipinski definition) is 4. The van der Waals surface area contributed by atoms with Crippen LogP contribution in [0.15, 0.2) is 54.6 Å². The molecule has 1 saturated carbocycles. The highest BCUT2D eigenvalue weighted by Gasteiger charge is 2.25. The van der Waals surface area contributed by atoms with E-state index in [0.29, 0.717) is 28.5 Å². The molecule has 0 aliphatic heterocycles. The third-order valence-corrected chi connectivity index (χ3v) is 6.36. The molecule has 0 radical (unpaired) electrons. The first-order valence-electron chi connectivity index (χ1n) is 9.78. The summed E-state index contributed by atoms with van der Waals surface area (Å²) in [6, 6.07) is 16.9. The van der Waals surface area contributed by atoms with Gasteiger partial charge in [0.25, 0.3) is 5.91 Å². The molecule has 5 heteroatoms. The Kier molecular flexibility index (Phi) is 5.60. The number of rotatable bonds is 7. The predicted octanol–water partition coefficient (Wildman–Crippen LogP) is 5.45. The van der Waals surface area contributed by atoms with Crippen LogP contribution in [0.1, 0.15) is 50.4 Å². The molecule has 1 aromatic heterocycles. The molecule has 2 aromatic carbocycles. The Bertz CT molecular complexity index is 1050. The van der Waals surface area contributed by atoms with E-state index >= 15 is 0 Å². The van der Waals surface area contributed by atoms with E-state index in [1.54, 1.807) is 6.07 Å². The first-order valence-corrected chi connectivity index (χ1v) is 10.6. The van der Waals surface area contributed by atoms with Crippen LogP contribution in [0.2, 0.25) is 0 Å². The van der Waals surface area contributed by atoms with Crippen LogP contribution in [0, 0.1) is 12.8 Å². The summed E-state index contributed by atoms with van der Waals surface area (Å²) in [5, 5.41) is 12.1. The molecule has 4 rings (SSSR count). The van der Waals surface area contributed by atoms with Gasteiger partial charge >= 0.3 is 0 Å². The Morgan fingerprint density at radius 1 is 1.07 bits per heavy atom. The summed E-state index contributed by atoms with van der Waals surface area (Å²) in [5.74, 6) is 0.508. The van der Waals surface area contributed by atoms with Crippen molar-refractivity contribution >= 4 is 28.7 Å². The summed E-state index contributed by atoms with van der Waals surface area (Å²) in [7, 11) is 0. The van der Waals surface area contributed by atoms with Crippen molar-refractivity contribution < 1.29 is 14.7 Å². The zero-order valence-electron chi connectivity index (χ0n) is 16.3. The molecule has 1 fully saturated rings. The van der Waals surface area contributed by atoms with E-state index in [-0.39, 0.29) is 18.3 Å². The molecule has 1 aliphatic rings. The van der Waals surface area contributed by atoms with Crippen LogP contribution in [0.3, 0.4) is 0 Å². The summed E-state index contributed by atoms with van der Waals surface area (Å²) >= 11 is 1.42. The molecule has 3 aromatic rings. The second-order valence-corrected chi connectivity index (χ2v) is 8.66. The van der Waals surface area contributed by atoms with Gasteiger partial charge in [0.05, 0.1) is 11.5 Å². The van der Waals surface area contributed by atoms with Crippen molar-refractivity contribution in [2.75, 3.05) is 5.32 Å². The number of thiophene rings is 1. The second kappa shape index (κ2) is 8.31. The zero-order valence-corrected chi connectivity index (χ0v) is 17.1. The molecule has 2 N–H and O–H groups in total. The highest BCUT2D eigenvalue weighted by molar-refractivity contribution is 7.17. The highest BCUT2D eigenvalue weighted by atomic mass is 32.1. The minimum Gasteiger partial charge on any atom is -0.392 e. The first kappa shape index (κ1) is 19.6. The van der Waals surface area contributed by atoms with Gasteiger partial charge in [0, 0.05) is 22.5 Å². The summed E-state index contributed by atoms with van der Waals surface area (Å²) in [6.07, 6.45) is 2.88. The number of aliphatic hydroxyl groups excluding tert-OH is 1. The maximum Gasteiger partial charge on any atom is 0.265 e. The molecule has 1 heterocycles. The van der Waals surface area contributed by atoms with Gasteiger partial charge in [-0.3, -0.25) is 9.59 Å². The Labute approximate surface area is 174 Å². The average Bonchev–Trinajstić information content (AvgIpc) is 3.40. The van der Waals surface area contributed by atoms with E-state index in [9.17, 15) is 9.59 Å². The van der Waals surface area contributed by atoms with Gasteiger partial charge in [-0.2, -0.15) is 0 Å². The Balaban J connectivity index is 1.49. The van der Waals surface area contributed by atoms with Gasteiger partial charge in [-0.1, -0.05) is 36.4 Å². The quantitative estimate of drug-likeness (QED) is 0.514. The van der Waals surface area contributed by atoms with Gasteiger partial charge in [0.1, 0.15) is 0 Å². The SMILES string of the molecule is Cc1ccc(C(=O)CC2CC2)cc1NC(=O)c1ccc(-c2ccc(CO)cc2)s1. The number of nitrogens with one attached hydrogen (secondary N) is 1.